The summed E-state index contributed by atoms with van der Waals surface area (Å²) in [5.41, 5.74) is 0.852. The summed E-state index contributed by atoms with van der Waals surface area (Å²) in [5, 5.41) is 5.09. The van der Waals surface area contributed by atoms with Crippen molar-refractivity contribution in [2.45, 2.75) is 6.54 Å². The highest BCUT2D eigenvalue weighted by atomic mass is 15.3. The topological polar surface area (TPSA) is 43.6 Å². The molecule has 0 aromatic carbocycles. The van der Waals surface area contributed by atoms with E-state index in [2.05, 4.69) is 21.6 Å². The zero-order valence-corrected chi connectivity index (χ0v) is 6.51. The van der Waals surface area contributed by atoms with E-state index in [0.717, 1.165) is 11.0 Å². The van der Waals surface area contributed by atoms with Crippen molar-refractivity contribution in [2.24, 2.45) is 0 Å². The molecule has 2 heterocycles. The number of rotatable bonds is 2. The second-order valence-electron chi connectivity index (χ2n) is 2.42. The van der Waals surface area contributed by atoms with Crippen LogP contribution < -0.4 is 0 Å². The van der Waals surface area contributed by atoms with Crippen LogP contribution in [0.2, 0.25) is 0 Å². The van der Waals surface area contributed by atoms with E-state index in [0.29, 0.717) is 6.54 Å². The number of hydrogen-bond acceptors (Lipinski definition) is 3. The second kappa shape index (κ2) is 2.73. The van der Waals surface area contributed by atoms with E-state index in [9.17, 15) is 0 Å². The Hall–Kier alpha value is -1.71. The number of allylic oxidation sites excluding steroid dienone is 1. The lowest BCUT2D eigenvalue weighted by atomic mass is 10.4. The number of fused-ring (bicyclic) bond motifs is 1. The predicted octanol–water partition coefficient (Wildman–Crippen LogP) is 1.01. The fraction of sp³-hybridized carbons (Fsp3) is 0.125. The third kappa shape index (κ3) is 0.972. The van der Waals surface area contributed by atoms with Gasteiger partial charge in [0.15, 0.2) is 5.65 Å². The number of hydrogen-bond donors (Lipinski definition) is 0. The van der Waals surface area contributed by atoms with Gasteiger partial charge in [0.2, 0.25) is 0 Å². The van der Waals surface area contributed by atoms with Gasteiger partial charge in [0.1, 0.15) is 6.33 Å². The Morgan fingerprint density at radius 3 is 3.25 bits per heavy atom. The number of nitrogens with zero attached hydrogens (tertiary/aromatic N) is 4. The molecule has 0 saturated carbocycles. The summed E-state index contributed by atoms with van der Waals surface area (Å²) in [4.78, 5) is 8.00. The Bertz CT molecular complexity index is 404. The predicted molar refractivity (Wildman–Crippen MR) is 45.5 cm³/mol. The average molecular weight is 160 g/mol. The molecule has 0 aliphatic rings. The normalized spacial score (nSPS) is 10.3. The van der Waals surface area contributed by atoms with E-state index in [1.807, 2.05) is 0 Å². The van der Waals surface area contributed by atoms with Crippen molar-refractivity contribution in [3.8, 4) is 0 Å². The SMILES string of the molecule is C=CCn1ncc2cncnc21. The summed E-state index contributed by atoms with van der Waals surface area (Å²) in [7, 11) is 0. The lowest BCUT2D eigenvalue weighted by Crippen LogP contribution is -1.97. The monoisotopic (exact) mass is 160 g/mol. The molecule has 0 aliphatic carbocycles. The fourth-order valence-electron chi connectivity index (χ4n) is 1.08. The maximum atomic E-state index is 4.13. The maximum absolute atomic E-state index is 4.13. The van der Waals surface area contributed by atoms with Crippen molar-refractivity contribution in [1.82, 2.24) is 19.7 Å². The largest absolute Gasteiger partial charge is 0.244 e. The van der Waals surface area contributed by atoms with Crippen molar-refractivity contribution in [2.75, 3.05) is 0 Å². The van der Waals surface area contributed by atoms with Crippen LogP contribution in [0.3, 0.4) is 0 Å². The van der Waals surface area contributed by atoms with Crippen molar-refractivity contribution in [1.29, 1.82) is 0 Å². The van der Waals surface area contributed by atoms with Gasteiger partial charge in [-0.15, -0.1) is 6.58 Å². The second-order valence-corrected chi connectivity index (χ2v) is 2.42. The molecule has 0 unspecified atom stereocenters. The minimum Gasteiger partial charge on any atom is -0.244 e. The first kappa shape index (κ1) is 6.97. The molecular weight excluding hydrogens is 152 g/mol. The molecule has 0 amide bonds. The minimum absolute atomic E-state index is 0.681. The van der Waals surface area contributed by atoms with E-state index >= 15 is 0 Å². The van der Waals surface area contributed by atoms with Crippen LogP contribution in [-0.4, -0.2) is 19.7 Å². The zero-order chi connectivity index (χ0) is 8.39. The molecule has 0 atom stereocenters. The van der Waals surface area contributed by atoms with E-state index < -0.39 is 0 Å². The molecule has 4 nitrogen and oxygen atoms in total. The van der Waals surface area contributed by atoms with Gasteiger partial charge in [0, 0.05) is 6.20 Å². The summed E-state index contributed by atoms with van der Waals surface area (Å²) in [6.45, 7) is 4.32. The van der Waals surface area contributed by atoms with Gasteiger partial charge in [0.25, 0.3) is 0 Å². The van der Waals surface area contributed by atoms with Crippen LogP contribution in [0.1, 0.15) is 0 Å². The molecule has 0 spiro atoms. The zero-order valence-electron chi connectivity index (χ0n) is 6.51. The summed E-state index contributed by atoms with van der Waals surface area (Å²) in [6, 6.07) is 0. The minimum atomic E-state index is 0.681. The maximum Gasteiger partial charge on any atom is 0.161 e. The molecule has 0 fully saturated rings. The summed E-state index contributed by atoms with van der Waals surface area (Å²) in [5.74, 6) is 0. The van der Waals surface area contributed by atoms with Crippen LogP contribution in [0.25, 0.3) is 11.0 Å². The molecule has 0 saturated heterocycles. The smallest absolute Gasteiger partial charge is 0.161 e. The molecule has 0 N–H and O–H groups in total. The summed E-state index contributed by atoms with van der Waals surface area (Å²) >= 11 is 0. The van der Waals surface area contributed by atoms with Crippen LogP contribution in [0.15, 0.2) is 31.4 Å². The third-order valence-corrected chi connectivity index (χ3v) is 1.60. The van der Waals surface area contributed by atoms with Gasteiger partial charge in [-0.25, -0.2) is 14.6 Å². The third-order valence-electron chi connectivity index (χ3n) is 1.60. The quantitative estimate of drug-likeness (QED) is 0.616. The van der Waals surface area contributed by atoms with E-state index in [1.54, 1.807) is 23.2 Å². The Labute approximate surface area is 69.6 Å². The highest BCUT2D eigenvalue weighted by Crippen LogP contribution is 2.07. The van der Waals surface area contributed by atoms with Crippen LogP contribution in [-0.2, 0) is 6.54 Å². The Morgan fingerprint density at radius 1 is 1.50 bits per heavy atom. The first-order valence-electron chi connectivity index (χ1n) is 3.64. The molecule has 12 heavy (non-hydrogen) atoms. The molecule has 0 bridgehead atoms. The van der Waals surface area contributed by atoms with Crippen molar-refractivity contribution >= 4 is 11.0 Å². The average Bonchev–Trinajstić information content (AvgIpc) is 2.50. The molecule has 2 aromatic heterocycles. The Morgan fingerprint density at radius 2 is 2.42 bits per heavy atom. The fourth-order valence-corrected chi connectivity index (χ4v) is 1.08. The van der Waals surface area contributed by atoms with Crippen LogP contribution in [0.4, 0.5) is 0 Å². The van der Waals surface area contributed by atoms with Gasteiger partial charge < -0.3 is 0 Å². The van der Waals surface area contributed by atoms with Gasteiger partial charge >= 0.3 is 0 Å². The van der Waals surface area contributed by atoms with Gasteiger partial charge in [0.05, 0.1) is 18.1 Å². The van der Waals surface area contributed by atoms with E-state index in [4.69, 9.17) is 0 Å². The van der Waals surface area contributed by atoms with E-state index in [1.165, 1.54) is 6.33 Å². The standard InChI is InChI=1S/C8H8N4/c1-2-3-12-8-7(5-11-12)4-9-6-10-8/h2,4-6H,1,3H2. The Balaban J connectivity index is 2.62. The highest BCUT2D eigenvalue weighted by Gasteiger charge is 1.99. The molecule has 4 heteroatoms. The molecule has 2 aromatic rings. The van der Waals surface area contributed by atoms with Crippen molar-refractivity contribution in [3.05, 3.63) is 31.4 Å². The van der Waals surface area contributed by atoms with Gasteiger partial charge in [-0.2, -0.15) is 5.10 Å². The Kier molecular flexibility index (Phi) is 1.59. The summed E-state index contributed by atoms with van der Waals surface area (Å²) in [6.07, 6.45) is 6.80. The first-order valence-corrected chi connectivity index (χ1v) is 3.64. The van der Waals surface area contributed by atoms with Crippen LogP contribution in [0.5, 0.6) is 0 Å². The van der Waals surface area contributed by atoms with Gasteiger partial charge in [-0.1, -0.05) is 6.08 Å². The van der Waals surface area contributed by atoms with Crippen molar-refractivity contribution in [3.63, 3.8) is 0 Å². The molecule has 0 aliphatic heterocycles. The van der Waals surface area contributed by atoms with Gasteiger partial charge in [-0.3, -0.25) is 0 Å². The highest BCUT2D eigenvalue weighted by molar-refractivity contribution is 5.72. The molecule has 2 rings (SSSR count). The van der Waals surface area contributed by atoms with E-state index in [-0.39, 0.29) is 0 Å². The van der Waals surface area contributed by atoms with Crippen molar-refractivity contribution < 1.29 is 0 Å². The number of aromatic nitrogens is 4. The lowest BCUT2D eigenvalue weighted by Gasteiger charge is -1.95. The lowest BCUT2D eigenvalue weighted by molar-refractivity contribution is 0.720. The molecule has 0 radical (unpaired) electrons. The van der Waals surface area contributed by atoms with Crippen LogP contribution >= 0.6 is 0 Å². The first-order chi connectivity index (χ1) is 5.92. The molecular formula is C8H8N4. The molecule has 60 valence electrons. The van der Waals surface area contributed by atoms with Crippen LogP contribution in [0, 0.1) is 0 Å². The van der Waals surface area contributed by atoms with Gasteiger partial charge in [-0.05, 0) is 0 Å². The summed E-state index contributed by atoms with van der Waals surface area (Å²) < 4.78 is 1.78.